The molecule has 1 atom stereocenters. The molecule has 0 fully saturated rings. The molecule has 3 aromatic carbocycles. The molecule has 6 nitrogen and oxygen atoms in total. The normalized spacial score (nSPS) is 11.8. The van der Waals surface area contributed by atoms with Gasteiger partial charge in [0, 0.05) is 19.3 Å². The SMILES string of the molecule is Cc1ccccc1NC(=O)N(Cc1ccccc1)C(C)c1nc2ccccc2c(=O)n1C. The van der Waals surface area contributed by atoms with E-state index in [1.807, 2.05) is 86.6 Å². The molecule has 1 heterocycles. The number of urea groups is 1. The van der Waals surface area contributed by atoms with Crippen LogP contribution in [-0.2, 0) is 13.6 Å². The van der Waals surface area contributed by atoms with Crippen LogP contribution in [0.4, 0.5) is 10.5 Å². The number of hydrogen-bond donors (Lipinski definition) is 1. The lowest BCUT2D eigenvalue weighted by Gasteiger charge is -2.30. The van der Waals surface area contributed by atoms with E-state index < -0.39 is 6.04 Å². The maximum absolute atomic E-state index is 13.4. The molecule has 32 heavy (non-hydrogen) atoms. The van der Waals surface area contributed by atoms with Gasteiger partial charge in [0.15, 0.2) is 0 Å². The first-order valence-corrected chi connectivity index (χ1v) is 10.6. The highest BCUT2D eigenvalue weighted by molar-refractivity contribution is 5.90. The van der Waals surface area contributed by atoms with Gasteiger partial charge in [0.25, 0.3) is 5.56 Å². The highest BCUT2D eigenvalue weighted by Crippen LogP contribution is 2.24. The molecule has 162 valence electrons. The summed E-state index contributed by atoms with van der Waals surface area (Å²) < 4.78 is 1.53. The van der Waals surface area contributed by atoms with E-state index in [9.17, 15) is 9.59 Å². The molecular formula is C26H26N4O2. The Morgan fingerprint density at radius 2 is 1.66 bits per heavy atom. The molecule has 2 amide bonds. The van der Waals surface area contributed by atoms with E-state index in [4.69, 9.17) is 4.98 Å². The Balaban J connectivity index is 1.75. The zero-order chi connectivity index (χ0) is 22.7. The third-order valence-electron chi connectivity index (χ3n) is 5.70. The van der Waals surface area contributed by atoms with Crippen molar-refractivity contribution >= 4 is 22.6 Å². The lowest BCUT2D eigenvalue weighted by Crippen LogP contribution is -2.39. The van der Waals surface area contributed by atoms with Crippen LogP contribution in [0.25, 0.3) is 10.9 Å². The molecule has 1 aromatic heterocycles. The van der Waals surface area contributed by atoms with E-state index in [0.29, 0.717) is 23.3 Å². The number of aryl methyl sites for hydroxylation is 1. The minimum atomic E-state index is -0.443. The molecule has 0 saturated heterocycles. The van der Waals surface area contributed by atoms with E-state index in [-0.39, 0.29) is 11.6 Å². The van der Waals surface area contributed by atoms with Crippen LogP contribution in [0.3, 0.4) is 0 Å². The first kappa shape index (κ1) is 21.3. The predicted molar refractivity (Wildman–Crippen MR) is 128 cm³/mol. The molecule has 1 N–H and O–H groups in total. The highest BCUT2D eigenvalue weighted by Gasteiger charge is 2.26. The van der Waals surface area contributed by atoms with Crippen LogP contribution in [0, 0.1) is 6.92 Å². The topological polar surface area (TPSA) is 67.2 Å². The largest absolute Gasteiger partial charge is 0.322 e. The number of nitrogens with one attached hydrogen (secondary N) is 1. The van der Waals surface area contributed by atoms with Gasteiger partial charge in [0.1, 0.15) is 5.82 Å². The van der Waals surface area contributed by atoms with Gasteiger partial charge in [0.2, 0.25) is 0 Å². The Morgan fingerprint density at radius 3 is 2.41 bits per heavy atom. The summed E-state index contributed by atoms with van der Waals surface area (Å²) in [5.74, 6) is 0.532. The Hall–Kier alpha value is -3.93. The van der Waals surface area contributed by atoms with Gasteiger partial charge in [0.05, 0.1) is 16.9 Å². The number of carbonyl (C=O) groups excluding carboxylic acids is 1. The van der Waals surface area contributed by atoms with Gasteiger partial charge in [-0.15, -0.1) is 0 Å². The molecule has 0 radical (unpaired) electrons. The second-order valence-corrected chi connectivity index (χ2v) is 7.89. The van der Waals surface area contributed by atoms with Crippen LogP contribution in [-0.4, -0.2) is 20.5 Å². The van der Waals surface area contributed by atoms with Gasteiger partial charge in [-0.25, -0.2) is 9.78 Å². The fraction of sp³-hybridized carbons (Fsp3) is 0.192. The summed E-state index contributed by atoms with van der Waals surface area (Å²) in [7, 11) is 1.70. The number of nitrogens with zero attached hydrogens (tertiary/aromatic N) is 3. The van der Waals surface area contributed by atoms with Gasteiger partial charge in [-0.3, -0.25) is 9.36 Å². The van der Waals surface area contributed by atoms with Crippen LogP contribution in [0.15, 0.2) is 83.7 Å². The van der Waals surface area contributed by atoms with Crippen molar-refractivity contribution in [1.29, 1.82) is 0 Å². The summed E-state index contributed by atoms with van der Waals surface area (Å²) in [6.07, 6.45) is 0. The summed E-state index contributed by atoms with van der Waals surface area (Å²) in [4.78, 5) is 32.8. The van der Waals surface area contributed by atoms with E-state index in [0.717, 1.165) is 16.8 Å². The third kappa shape index (κ3) is 4.25. The van der Waals surface area contributed by atoms with Gasteiger partial charge >= 0.3 is 6.03 Å². The summed E-state index contributed by atoms with van der Waals surface area (Å²) in [5.41, 5.74) is 3.21. The Labute approximate surface area is 187 Å². The van der Waals surface area contributed by atoms with Crippen molar-refractivity contribution in [2.75, 3.05) is 5.32 Å². The lowest BCUT2D eigenvalue weighted by molar-refractivity contribution is 0.185. The summed E-state index contributed by atoms with van der Waals surface area (Å²) in [6, 6.07) is 24.0. The number of benzene rings is 3. The molecule has 0 spiro atoms. The summed E-state index contributed by atoms with van der Waals surface area (Å²) >= 11 is 0. The van der Waals surface area contributed by atoms with Crippen molar-refractivity contribution in [3.63, 3.8) is 0 Å². The number of para-hydroxylation sites is 2. The molecular weight excluding hydrogens is 400 g/mol. The zero-order valence-electron chi connectivity index (χ0n) is 18.4. The number of fused-ring (bicyclic) bond motifs is 1. The highest BCUT2D eigenvalue weighted by atomic mass is 16.2. The molecule has 1 unspecified atom stereocenters. The number of hydrogen-bond acceptors (Lipinski definition) is 3. The van der Waals surface area contributed by atoms with Crippen LogP contribution < -0.4 is 10.9 Å². The van der Waals surface area contributed by atoms with Crippen molar-refractivity contribution in [1.82, 2.24) is 14.5 Å². The standard InChI is InChI=1S/C26H26N4O2/c1-18-11-7-9-15-22(18)28-26(32)30(17-20-12-5-4-6-13-20)19(2)24-27-23-16-10-8-14-21(23)25(31)29(24)3/h4-16,19H,17H2,1-3H3,(H,28,32). The van der Waals surface area contributed by atoms with E-state index in [1.54, 1.807) is 18.0 Å². The van der Waals surface area contributed by atoms with Crippen LogP contribution in [0.5, 0.6) is 0 Å². The van der Waals surface area contributed by atoms with Crippen molar-refractivity contribution in [3.05, 3.63) is 106 Å². The van der Waals surface area contributed by atoms with E-state index >= 15 is 0 Å². The monoisotopic (exact) mass is 426 g/mol. The lowest BCUT2D eigenvalue weighted by atomic mass is 10.1. The first-order chi connectivity index (χ1) is 15.5. The quantitative estimate of drug-likeness (QED) is 0.486. The smallest absolute Gasteiger partial charge is 0.310 e. The molecule has 0 aliphatic rings. The maximum atomic E-state index is 13.4. The minimum Gasteiger partial charge on any atom is -0.310 e. The first-order valence-electron chi connectivity index (χ1n) is 10.6. The fourth-order valence-electron chi connectivity index (χ4n) is 3.81. The van der Waals surface area contributed by atoms with Crippen molar-refractivity contribution in [2.24, 2.45) is 7.05 Å². The maximum Gasteiger partial charge on any atom is 0.322 e. The Bertz CT molecular complexity index is 1310. The molecule has 0 bridgehead atoms. The van der Waals surface area contributed by atoms with Gasteiger partial charge in [-0.05, 0) is 43.2 Å². The van der Waals surface area contributed by atoms with Gasteiger partial charge in [-0.2, -0.15) is 0 Å². The number of rotatable bonds is 5. The number of anilines is 1. The number of amides is 2. The van der Waals surface area contributed by atoms with Gasteiger partial charge < -0.3 is 10.2 Å². The Morgan fingerprint density at radius 1 is 1.00 bits per heavy atom. The molecule has 6 heteroatoms. The molecule has 4 rings (SSSR count). The van der Waals surface area contributed by atoms with Crippen molar-refractivity contribution < 1.29 is 4.79 Å². The zero-order valence-corrected chi connectivity index (χ0v) is 18.4. The molecule has 0 saturated carbocycles. The number of carbonyl (C=O) groups is 1. The second kappa shape index (κ2) is 9.06. The van der Waals surface area contributed by atoms with Crippen LogP contribution >= 0.6 is 0 Å². The van der Waals surface area contributed by atoms with Crippen molar-refractivity contribution in [2.45, 2.75) is 26.4 Å². The summed E-state index contributed by atoms with van der Waals surface area (Å²) in [5, 5.41) is 3.58. The number of aromatic nitrogens is 2. The van der Waals surface area contributed by atoms with E-state index in [2.05, 4.69) is 5.32 Å². The predicted octanol–water partition coefficient (Wildman–Crippen LogP) is 5.04. The summed E-state index contributed by atoms with van der Waals surface area (Å²) in [6.45, 7) is 4.23. The van der Waals surface area contributed by atoms with Crippen LogP contribution in [0.2, 0.25) is 0 Å². The van der Waals surface area contributed by atoms with Crippen molar-refractivity contribution in [3.8, 4) is 0 Å². The Kier molecular flexibility index (Phi) is 6.03. The molecule has 4 aromatic rings. The average molecular weight is 427 g/mol. The second-order valence-electron chi connectivity index (χ2n) is 7.89. The third-order valence-corrected chi connectivity index (χ3v) is 5.70. The minimum absolute atomic E-state index is 0.128. The molecule has 0 aliphatic carbocycles. The fourth-order valence-corrected chi connectivity index (χ4v) is 3.81. The van der Waals surface area contributed by atoms with Gasteiger partial charge in [-0.1, -0.05) is 60.7 Å². The average Bonchev–Trinajstić information content (AvgIpc) is 2.81. The van der Waals surface area contributed by atoms with E-state index in [1.165, 1.54) is 4.57 Å². The van der Waals surface area contributed by atoms with Crippen LogP contribution in [0.1, 0.15) is 29.9 Å². The molecule has 0 aliphatic heterocycles.